The molecule has 1 rings (SSSR count). The highest BCUT2D eigenvalue weighted by Gasteiger charge is 2.02. The van der Waals surface area contributed by atoms with Crippen LogP contribution in [-0.2, 0) is 13.1 Å². The third-order valence-corrected chi connectivity index (χ3v) is 3.78. The predicted molar refractivity (Wildman–Crippen MR) is 78.6 cm³/mol. The average molecular weight is 254 g/mol. The van der Waals surface area contributed by atoms with Crippen LogP contribution in [-0.4, -0.2) is 22.1 Å². The fraction of sp³-hybridized carbons (Fsp3) is 0.714. The normalized spacial score (nSPS) is 12.9. The summed E-state index contributed by atoms with van der Waals surface area (Å²) in [7, 11) is 0. The number of rotatable bonds is 9. The standard InChI is InChI=1S/C14H26N2S/c1-4-8-16-9-6-14(12-16)11-15-13(3)7-10-17-5-2/h6,9,12-13,15H,4-5,7-8,10-11H2,1-3H3. The minimum atomic E-state index is 0.614. The second kappa shape index (κ2) is 8.65. The van der Waals surface area contributed by atoms with Crippen molar-refractivity contribution in [3.8, 4) is 0 Å². The largest absolute Gasteiger partial charge is 0.354 e. The monoisotopic (exact) mass is 254 g/mol. The van der Waals surface area contributed by atoms with Gasteiger partial charge in [-0.3, -0.25) is 0 Å². The topological polar surface area (TPSA) is 17.0 Å². The fourth-order valence-corrected chi connectivity index (χ4v) is 2.60. The van der Waals surface area contributed by atoms with Crippen molar-refractivity contribution in [2.24, 2.45) is 0 Å². The van der Waals surface area contributed by atoms with Crippen LogP contribution in [0.1, 0.15) is 39.2 Å². The molecule has 98 valence electrons. The van der Waals surface area contributed by atoms with Gasteiger partial charge in [-0.05, 0) is 42.9 Å². The summed E-state index contributed by atoms with van der Waals surface area (Å²) in [6.45, 7) is 8.83. The zero-order valence-corrected chi connectivity index (χ0v) is 12.2. The van der Waals surface area contributed by atoms with Gasteiger partial charge in [0.25, 0.3) is 0 Å². The van der Waals surface area contributed by atoms with Crippen LogP contribution in [0.3, 0.4) is 0 Å². The quantitative estimate of drug-likeness (QED) is 0.679. The van der Waals surface area contributed by atoms with Gasteiger partial charge in [-0.15, -0.1) is 0 Å². The van der Waals surface area contributed by atoms with Crippen LogP contribution in [0.5, 0.6) is 0 Å². The van der Waals surface area contributed by atoms with E-state index in [0.29, 0.717) is 6.04 Å². The van der Waals surface area contributed by atoms with Crippen molar-refractivity contribution in [1.29, 1.82) is 0 Å². The highest BCUT2D eigenvalue weighted by Crippen LogP contribution is 2.06. The van der Waals surface area contributed by atoms with Crippen LogP contribution in [0.15, 0.2) is 18.5 Å². The van der Waals surface area contributed by atoms with E-state index >= 15 is 0 Å². The van der Waals surface area contributed by atoms with E-state index in [4.69, 9.17) is 0 Å². The second-order valence-corrected chi connectivity index (χ2v) is 5.92. The molecule has 0 saturated carbocycles. The van der Waals surface area contributed by atoms with E-state index in [2.05, 4.69) is 49.1 Å². The van der Waals surface area contributed by atoms with Crippen molar-refractivity contribution < 1.29 is 0 Å². The van der Waals surface area contributed by atoms with Gasteiger partial charge in [0.15, 0.2) is 0 Å². The summed E-state index contributed by atoms with van der Waals surface area (Å²) in [6, 6.07) is 2.83. The summed E-state index contributed by atoms with van der Waals surface area (Å²) in [4.78, 5) is 0. The van der Waals surface area contributed by atoms with Gasteiger partial charge in [0, 0.05) is 31.5 Å². The summed E-state index contributed by atoms with van der Waals surface area (Å²) in [5.41, 5.74) is 1.40. The first kappa shape index (κ1) is 14.7. The molecular formula is C14H26N2S. The van der Waals surface area contributed by atoms with E-state index in [9.17, 15) is 0 Å². The molecule has 1 N–H and O–H groups in total. The first-order valence-electron chi connectivity index (χ1n) is 6.72. The number of thioether (sulfide) groups is 1. The highest BCUT2D eigenvalue weighted by atomic mass is 32.2. The molecule has 2 nitrogen and oxygen atoms in total. The molecule has 0 fully saturated rings. The third kappa shape index (κ3) is 6.18. The number of hydrogen-bond acceptors (Lipinski definition) is 2. The predicted octanol–water partition coefficient (Wildman–Crippen LogP) is 3.52. The molecule has 1 unspecified atom stereocenters. The number of nitrogens with one attached hydrogen (secondary N) is 1. The van der Waals surface area contributed by atoms with Crippen LogP contribution in [0, 0.1) is 0 Å². The molecular weight excluding hydrogens is 228 g/mol. The van der Waals surface area contributed by atoms with Gasteiger partial charge in [0.1, 0.15) is 0 Å². The zero-order valence-electron chi connectivity index (χ0n) is 11.4. The highest BCUT2D eigenvalue weighted by molar-refractivity contribution is 7.99. The Labute approximate surface area is 110 Å². The Morgan fingerprint density at radius 1 is 1.41 bits per heavy atom. The summed E-state index contributed by atoms with van der Waals surface area (Å²) in [5, 5.41) is 3.59. The van der Waals surface area contributed by atoms with Gasteiger partial charge in [-0.1, -0.05) is 13.8 Å². The van der Waals surface area contributed by atoms with Crippen LogP contribution >= 0.6 is 11.8 Å². The molecule has 1 heterocycles. The summed E-state index contributed by atoms with van der Waals surface area (Å²) in [6.07, 6.45) is 6.89. The lowest BCUT2D eigenvalue weighted by molar-refractivity contribution is 0.536. The maximum atomic E-state index is 3.59. The first-order chi connectivity index (χ1) is 8.26. The fourth-order valence-electron chi connectivity index (χ4n) is 1.79. The molecule has 1 aromatic heterocycles. The Morgan fingerprint density at radius 2 is 2.24 bits per heavy atom. The Bertz CT molecular complexity index is 296. The van der Waals surface area contributed by atoms with E-state index in [1.807, 2.05) is 11.8 Å². The minimum absolute atomic E-state index is 0.614. The molecule has 1 atom stereocenters. The zero-order chi connectivity index (χ0) is 12.5. The third-order valence-electron chi connectivity index (χ3n) is 2.85. The van der Waals surface area contributed by atoms with E-state index in [1.54, 1.807) is 0 Å². The number of aryl methyl sites for hydroxylation is 1. The lowest BCUT2D eigenvalue weighted by Crippen LogP contribution is -2.25. The van der Waals surface area contributed by atoms with Gasteiger partial charge in [0.2, 0.25) is 0 Å². The minimum Gasteiger partial charge on any atom is -0.354 e. The van der Waals surface area contributed by atoms with Crippen molar-refractivity contribution in [3.05, 3.63) is 24.0 Å². The van der Waals surface area contributed by atoms with Crippen molar-refractivity contribution in [2.75, 3.05) is 11.5 Å². The molecule has 0 amide bonds. The molecule has 0 aliphatic rings. The van der Waals surface area contributed by atoms with E-state index in [0.717, 1.165) is 13.1 Å². The smallest absolute Gasteiger partial charge is 0.0223 e. The molecule has 0 aliphatic carbocycles. The molecule has 0 spiro atoms. The van der Waals surface area contributed by atoms with Crippen LogP contribution in [0.4, 0.5) is 0 Å². The Balaban J connectivity index is 2.19. The van der Waals surface area contributed by atoms with Crippen LogP contribution in [0.25, 0.3) is 0 Å². The molecule has 0 saturated heterocycles. The number of nitrogens with zero attached hydrogens (tertiary/aromatic N) is 1. The molecule has 0 aliphatic heterocycles. The van der Waals surface area contributed by atoms with Crippen molar-refractivity contribution >= 4 is 11.8 Å². The van der Waals surface area contributed by atoms with Crippen molar-refractivity contribution in [2.45, 2.75) is 52.7 Å². The van der Waals surface area contributed by atoms with E-state index in [-0.39, 0.29) is 0 Å². The van der Waals surface area contributed by atoms with E-state index < -0.39 is 0 Å². The first-order valence-corrected chi connectivity index (χ1v) is 7.87. The van der Waals surface area contributed by atoms with Gasteiger partial charge < -0.3 is 9.88 Å². The number of hydrogen-bond donors (Lipinski definition) is 1. The van der Waals surface area contributed by atoms with Crippen LogP contribution < -0.4 is 5.32 Å². The van der Waals surface area contributed by atoms with Crippen LogP contribution in [0.2, 0.25) is 0 Å². The Kier molecular flexibility index (Phi) is 7.45. The SMILES string of the molecule is CCCn1ccc(CNC(C)CCSCC)c1. The summed E-state index contributed by atoms with van der Waals surface area (Å²) < 4.78 is 2.27. The second-order valence-electron chi connectivity index (χ2n) is 4.53. The molecule has 0 aromatic carbocycles. The Morgan fingerprint density at radius 3 is 2.94 bits per heavy atom. The molecule has 0 bridgehead atoms. The van der Waals surface area contributed by atoms with E-state index in [1.165, 1.54) is 29.9 Å². The summed E-state index contributed by atoms with van der Waals surface area (Å²) >= 11 is 2.02. The lowest BCUT2D eigenvalue weighted by Gasteiger charge is -2.12. The molecule has 3 heteroatoms. The van der Waals surface area contributed by atoms with Crippen molar-refractivity contribution in [1.82, 2.24) is 9.88 Å². The summed E-state index contributed by atoms with van der Waals surface area (Å²) in [5.74, 6) is 2.49. The van der Waals surface area contributed by atoms with Gasteiger partial charge in [-0.2, -0.15) is 11.8 Å². The van der Waals surface area contributed by atoms with Gasteiger partial charge >= 0.3 is 0 Å². The average Bonchev–Trinajstić information content (AvgIpc) is 2.75. The van der Waals surface area contributed by atoms with Gasteiger partial charge in [-0.25, -0.2) is 0 Å². The number of aromatic nitrogens is 1. The van der Waals surface area contributed by atoms with Crippen molar-refractivity contribution in [3.63, 3.8) is 0 Å². The lowest BCUT2D eigenvalue weighted by atomic mass is 10.2. The maximum Gasteiger partial charge on any atom is 0.0223 e. The Hall–Kier alpha value is -0.410. The molecule has 17 heavy (non-hydrogen) atoms. The molecule has 1 aromatic rings. The van der Waals surface area contributed by atoms with Gasteiger partial charge in [0.05, 0.1) is 0 Å². The molecule has 0 radical (unpaired) electrons. The maximum absolute atomic E-state index is 3.59.